The Morgan fingerprint density at radius 3 is 2.56 bits per heavy atom. The van der Waals surface area contributed by atoms with Crippen LogP contribution in [-0.4, -0.2) is 29.5 Å². The van der Waals surface area contributed by atoms with E-state index in [1.807, 2.05) is 0 Å². The van der Waals surface area contributed by atoms with Crippen molar-refractivity contribution in [3.8, 4) is 5.75 Å². The molecule has 2 rings (SSSR count). The summed E-state index contributed by atoms with van der Waals surface area (Å²) in [7, 11) is 0. The second kappa shape index (κ2) is 8.20. The first kappa shape index (κ1) is 17.6. The molecule has 0 heterocycles. The van der Waals surface area contributed by atoms with Crippen molar-refractivity contribution in [3.63, 3.8) is 0 Å². The van der Waals surface area contributed by atoms with Crippen molar-refractivity contribution in [3.05, 3.63) is 69.8 Å². The van der Waals surface area contributed by atoms with E-state index in [9.17, 15) is 24.8 Å². The number of carbonyl (C=O) groups is 2. The Hall–Kier alpha value is -3.75. The number of hydrogen-bond acceptors (Lipinski definition) is 6. The first-order valence-electron chi connectivity index (χ1n) is 7.08. The van der Waals surface area contributed by atoms with Gasteiger partial charge in [-0.15, -0.1) is 0 Å². The van der Waals surface area contributed by atoms with Crippen molar-refractivity contribution in [2.45, 2.75) is 0 Å². The Morgan fingerprint density at radius 1 is 1.16 bits per heavy atom. The second-order valence-electron chi connectivity index (χ2n) is 4.82. The number of nitro benzene ring substituents is 1. The van der Waals surface area contributed by atoms with Gasteiger partial charge in [-0.2, -0.15) is 5.10 Å². The molecule has 128 valence electrons. The molecule has 2 amide bonds. The quantitative estimate of drug-likeness (QED) is 0.449. The Bertz CT molecular complexity index is 821. The van der Waals surface area contributed by atoms with Crippen LogP contribution in [0, 0.1) is 10.1 Å². The molecule has 0 saturated heterocycles. The van der Waals surface area contributed by atoms with Crippen LogP contribution in [0.3, 0.4) is 0 Å². The minimum absolute atomic E-state index is 0.0391. The van der Waals surface area contributed by atoms with Crippen LogP contribution in [0.5, 0.6) is 5.75 Å². The maximum Gasteiger partial charge on any atom is 0.270 e. The molecule has 0 atom stereocenters. The largest absolute Gasteiger partial charge is 0.872 e. The van der Waals surface area contributed by atoms with Crippen LogP contribution in [-0.2, 0) is 4.79 Å². The highest BCUT2D eigenvalue weighted by Crippen LogP contribution is 2.18. The summed E-state index contributed by atoms with van der Waals surface area (Å²) in [5.41, 5.74) is 2.23. The highest BCUT2D eigenvalue weighted by atomic mass is 16.6. The molecule has 2 N–H and O–H groups in total. The van der Waals surface area contributed by atoms with Crippen LogP contribution in [0.15, 0.2) is 53.6 Å². The van der Waals surface area contributed by atoms with Crippen LogP contribution >= 0.6 is 0 Å². The van der Waals surface area contributed by atoms with Gasteiger partial charge in [-0.3, -0.25) is 19.7 Å². The maximum absolute atomic E-state index is 11.8. The fourth-order valence-corrected chi connectivity index (χ4v) is 1.82. The fourth-order valence-electron chi connectivity index (χ4n) is 1.82. The molecule has 0 fully saturated rings. The molecule has 25 heavy (non-hydrogen) atoms. The maximum atomic E-state index is 11.8. The summed E-state index contributed by atoms with van der Waals surface area (Å²) in [6.07, 6.45) is 1.01. The standard InChI is InChI=1S/C16H14N4O5/c21-14-7-6-13(20(24)25)8-12(14)9-18-19-15(22)10-17-16(23)11-4-2-1-3-5-11/h1-9,21H,10H2,(H,17,23)(H,19,22)/p-1/b18-9-. The number of nitrogens with one attached hydrogen (secondary N) is 2. The third-order valence-electron chi connectivity index (χ3n) is 3.04. The van der Waals surface area contributed by atoms with Crippen molar-refractivity contribution < 1.29 is 19.6 Å². The zero-order valence-electron chi connectivity index (χ0n) is 12.8. The van der Waals surface area contributed by atoms with Crippen molar-refractivity contribution >= 4 is 23.7 Å². The molecule has 0 aliphatic heterocycles. The van der Waals surface area contributed by atoms with Gasteiger partial charge in [0.1, 0.15) is 0 Å². The van der Waals surface area contributed by atoms with Crippen LogP contribution in [0.25, 0.3) is 0 Å². The lowest BCUT2D eigenvalue weighted by atomic mass is 10.2. The van der Waals surface area contributed by atoms with E-state index in [2.05, 4.69) is 15.8 Å². The Balaban J connectivity index is 1.87. The monoisotopic (exact) mass is 341 g/mol. The minimum Gasteiger partial charge on any atom is -0.872 e. The Labute approximate surface area is 142 Å². The van der Waals surface area contributed by atoms with Crippen LogP contribution in [0.2, 0.25) is 0 Å². The number of hydrazone groups is 1. The summed E-state index contributed by atoms with van der Waals surface area (Å²) in [6.45, 7) is -0.315. The van der Waals surface area contributed by atoms with Crippen LogP contribution in [0.1, 0.15) is 15.9 Å². The van der Waals surface area contributed by atoms with Gasteiger partial charge in [-0.05, 0) is 17.7 Å². The summed E-state index contributed by atoms with van der Waals surface area (Å²) in [5.74, 6) is -1.50. The molecule has 2 aromatic rings. The number of non-ortho nitro benzene ring substituents is 1. The zero-order valence-corrected chi connectivity index (χ0v) is 12.8. The number of nitrogens with zero attached hydrogens (tertiary/aromatic N) is 2. The first-order chi connectivity index (χ1) is 12.0. The molecule has 0 aromatic heterocycles. The first-order valence-corrected chi connectivity index (χ1v) is 7.08. The average Bonchev–Trinajstić information content (AvgIpc) is 2.61. The predicted octanol–water partition coefficient (Wildman–Crippen LogP) is 0.548. The predicted molar refractivity (Wildman–Crippen MR) is 87.1 cm³/mol. The average molecular weight is 341 g/mol. The second-order valence-corrected chi connectivity index (χ2v) is 4.82. The number of benzene rings is 2. The van der Waals surface area contributed by atoms with Gasteiger partial charge in [-0.1, -0.05) is 30.0 Å². The van der Waals surface area contributed by atoms with Crippen molar-refractivity contribution in [1.29, 1.82) is 0 Å². The van der Waals surface area contributed by atoms with Gasteiger partial charge in [0.15, 0.2) is 0 Å². The van der Waals surface area contributed by atoms with E-state index < -0.39 is 22.5 Å². The zero-order chi connectivity index (χ0) is 18.2. The lowest BCUT2D eigenvalue weighted by Gasteiger charge is -2.08. The highest BCUT2D eigenvalue weighted by molar-refractivity contribution is 5.96. The third kappa shape index (κ3) is 5.13. The smallest absolute Gasteiger partial charge is 0.270 e. The van der Waals surface area contributed by atoms with Gasteiger partial charge in [0.25, 0.3) is 17.5 Å². The number of rotatable bonds is 6. The van der Waals surface area contributed by atoms with Gasteiger partial charge in [0.05, 0.1) is 17.7 Å². The number of nitro groups is 1. The SMILES string of the molecule is O=C(CNC(=O)c1ccccc1)N/N=C\c1cc([N+](=O)[O-])ccc1[O-]. The lowest BCUT2D eigenvalue weighted by Crippen LogP contribution is -2.34. The van der Waals surface area contributed by atoms with Gasteiger partial charge in [0.2, 0.25) is 0 Å². The molecule has 0 radical (unpaired) electrons. The lowest BCUT2D eigenvalue weighted by molar-refractivity contribution is -0.385. The summed E-state index contributed by atoms with van der Waals surface area (Å²) in [4.78, 5) is 33.4. The van der Waals surface area contributed by atoms with E-state index in [1.54, 1.807) is 30.3 Å². The van der Waals surface area contributed by atoms with Crippen molar-refractivity contribution in [2.24, 2.45) is 5.10 Å². The Morgan fingerprint density at radius 2 is 1.88 bits per heavy atom. The van der Waals surface area contributed by atoms with E-state index >= 15 is 0 Å². The molecule has 0 saturated carbocycles. The number of carbonyl (C=O) groups excluding carboxylic acids is 2. The van der Waals surface area contributed by atoms with E-state index in [0.29, 0.717) is 5.56 Å². The van der Waals surface area contributed by atoms with Crippen molar-refractivity contribution in [2.75, 3.05) is 6.54 Å². The number of hydrogen-bond donors (Lipinski definition) is 2. The van der Waals surface area contributed by atoms with Crippen LogP contribution in [0.4, 0.5) is 5.69 Å². The molecule has 9 nitrogen and oxygen atoms in total. The van der Waals surface area contributed by atoms with E-state index in [4.69, 9.17) is 0 Å². The molecule has 0 unspecified atom stereocenters. The third-order valence-corrected chi connectivity index (χ3v) is 3.04. The molecule has 0 aliphatic rings. The van der Waals surface area contributed by atoms with Gasteiger partial charge >= 0.3 is 0 Å². The van der Waals surface area contributed by atoms with E-state index in [1.165, 1.54) is 0 Å². The molecule has 0 aliphatic carbocycles. The molecular weight excluding hydrogens is 328 g/mol. The summed E-state index contributed by atoms with van der Waals surface area (Å²) in [6, 6.07) is 11.5. The van der Waals surface area contributed by atoms with E-state index in [-0.39, 0.29) is 17.8 Å². The van der Waals surface area contributed by atoms with Gasteiger partial charge in [-0.25, -0.2) is 5.43 Å². The van der Waals surface area contributed by atoms with Gasteiger partial charge < -0.3 is 10.4 Å². The van der Waals surface area contributed by atoms with Crippen molar-refractivity contribution in [1.82, 2.24) is 10.7 Å². The minimum atomic E-state index is -0.644. The summed E-state index contributed by atoms with van der Waals surface area (Å²) in [5, 5.41) is 28.2. The molecule has 0 spiro atoms. The Kier molecular flexibility index (Phi) is 5.77. The molecule has 9 heteroatoms. The normalized spacial score (nSPS) is 10.4. The number of amides is 2. The summed E-state index contributed by atoms with van der Waals surface area (Å²) < 4.78 is 0. The topological polar surface area (TPSA) is 137 Å². The van der Waals surface area contributed by atoms with E-state index in [0.717, 1.165) is 24.4 Å². The fraction of sp³-hybridized carbons (Fsp3) is 0.0625. The van der Waals surface area contributed by atoms with Crippen LogP contribution < -0.4 is 15.8 Å². The van der Waals surface area contributed by atoms with Gasteiger partial charge in [0, 0.05) is 17.7 Å². The molecule has 2 aromatic carbocycles. The molecule has 0 bridgehead atoms. The summed E-state index contributed by atoms with van der Waals surface area (Å²) >= 11 is 0. The molecular formula is C16H13N4O5-. The highest BCUT2D eigenvalue weighted by Gasteiger charge is 2.07.